The van der Waals surface area contributed by atoms with E-state index < -0.39 is 12.1 Å². The Morgan fingerprint density at radius 3 is 1.67 bits per heavy atom. The lowest BCUT2D eigenvalue weighted by Crippen LogP contribution is -2.45. The molecule has 0 atom stereocenters. The van der Waals surface area contributed by atoms with Crippen LogP contribution in [0.2, 0.25) is 0 Å². The largest absolute Gasteiger partial charge is 0.544 e. The minimum absolute atomic E-state index is 0.0694. The Hall–Kier alpha value is -1.30. The summed E-state index contributed by atoms with van der Waals surface area (Å²) in [5.41, 5.74) is 4.03. The maximum absolute atomic E-state index is 9.89. The molecule has 0 heterocycles. The van der Waals surface area contributed by atoms with Crippen LogP contribution in [-0.2, 0) is 4.79 Å². The first-order valence-corrected chi connectivity index (χ1v) is 3.14. The van der Waals surface area contributed by atoms with Gasteiger partial charge in [-0.25, -0.2) is 4.79 Å². The standard InChI is InChI=1S/C5H11NO2.CH3NO2/c1-6(2,3)4-5(7)8;2-1(3)4/h4H2,1-3H3;2H2,(H,3,4). The number of quaternary nitrogens is 1. The highest BCUT2D eigenvalue weighted by atomic mass is 16.4. The number of nitrogens with zero attached hydrogens (tertiary/aromatic N) is 1. The van der Waals surface area contributed by atoms with E-state index in [1.807, 2.05) is 0 Å². The molecule has 0 aliphatic carbocycles. The summed E-state index contributed by atoms with van der Waals surface area (Å²) in [6, 6.07) is 0. The highest BCUT2D eigenvalue weighted by molar-refractivity contribution is 5.65. The molecule has 6 heteroatoms. The lowest BCUT2D eigenvalue weighted by Gasteiger charge is -2.23. The number of rotatable bonds is 2. The van der Waals surface area contributed by atoms with Crippen molar-refractivity contribution in [2.45, 2.75) is 0 Å². The molecule has 0 spiro atoms. The molecule has 6 nitrogen and oxygen atoms in total. The Morgan fingerprint density at radius 2 is 1.67 bits per heavy atom. The summed E-state index contributed by atoms with van der Waals surface area (Å²) < 4.78 is 0.419. The molecule has 0 aromatic carbocycles. The number of carboxylic acid groups (broad SMARTS) is 2. The number of nitrogens with two attached hydrogens (primary N) is 1. The van der Waals surface area contributed by atoms with E-state index >= 15 is 0 Å². The second-order valence-corrected chi connectivity index (χ2v) is 3.16. The molecule has 0 aromatic heterocycles. The second-order valence-electron chi connectivity index (χ2n) is 3.16. The molecule has 0 fully saturated rings. The van der Waals surface area contributed by atoms with Crippen molar-refractivity contribution in [3.63, 3.8) is 0 Å². The average molecular weight is 178 g/mol. The third-order valence-corrected chi connectivity index (χ3v) is 0.603. The summed E-state index contributed by atoms with van der Waals surface area (Å²) in [6.45, 7) is 0.0694. The highest BCUT2D eigenvalue weighted by Gasteiger charge is 2.04. The van der Waals surface area contributed by atoms with E-state index in [9.17, 15) is 9.90 Å². The van der Waals surface area contributed by atoms with Crippen LogP contribution in [0.3, 0.4) is 0 Å². The zero-order chi connectivity index (χ0) is 10.4. The van der Waals surface area contributed by atoms with Crippen molar-refractivity contribution in [3.05, 3.63) is 0 Å². The van der Waals surface area contributed by atoms with Crippen molar-refractivity contribution < 1.29 is 24.3 Å². The number of aliphatic carboxylic acids is 1. The maximum Gasteiger partial charge on any atom is 0.402 e. The Bertz CT molecular complexity index is 157. The fourth-order valence-corrected chi connectivity index (χ4v) is 0.387. The predicted molar refractivity (Wildman–Crippen MR) is 40.1 cm³/mol. The van der Waals surface area contributed by atoms with E-state index in [1.54, 1.807) is 21.1 Å². The van der Waals surface area contributed by atoms with E-state index in [4.69, 9.17) is 9.90 Å². The van der Waals surface area contributed by atoms with Gasteiger partial charge in [-0.15, -0.1) is 0 Å². The molecule has 0 aliphatic heterocycles. The van der Waals surface area contributed by atoms with Gasteiger partial charge in [-0.1, -0.05) is 0 Å². The van der Waals surface area contributed by atoms with Gasteiger partial charge in [-0.05, 0) is 0 Å². The van der Waals surface area contributed by atoms with E-state index in [0.29, 0.717) is 4.48 Å². The molecule has 0 saturated heterocycles. The third kappa shape index (κ3) is 37.7. The average Bonchev–Trinajstić information content (AvgIpc) is 1.52. The van der Waals surface area contributed by atoms with Crippen molar-refractivity contribution in [1.82, 2.24) is 0 Å². The summed E-state index contributed by atoms with van der Waals surface area (Å²) in [4.78, 5) is 18.7. The first-order valence-electron chi connectivity index (χ1n) is 3.14. The first kappa shape index (κ1) is 13.3. The summed E-state index contributed by atoms with van der Waals surface area (Å²) in [5, 5.41) is 17.1. The van der Waals surface area contributed by atoms with Gasteiger partial charge in [0, 0.05) is 0 Å². The topological polar surface area (TPSA) is 103 Å². The quantitative estimate of drug-likeness (QED) is 0.480. The van der Waals surface area contributed by atoms with Crippen LogP contribution < -0.4 is 10.8 Å². The Labute approximate surface area is 70.8 Å². The van der Waals surface area contributed by atoms with Crippen LogP contribution in [-0.4, -0.2) is 49.3 Å². The first-order chi connectivity index (χ1) is 5.15. The summed E-state index contributed by atoms with van der Waals surface area (Å²) in [7, 11) is 5.40. The summed E-state index contributed by atoms with van der Waals surface area (Å²) in [5.74, 6) is -1.00. The molecule has 0 aliphatic rings. The van der Waals surface area contributed by atoms with Crippen molar-refractivity contribution in [2.75, 3.05) is 27.7 Å². The maximum atomic E-state index is 9.89. The molecule has 72 valence electrons. The molecule has 0 saturated carbocycles. The minimum Gasteiger partial charge on any atom is -0.544 e. The molecule has 0 bridgehead atoms. The van der Waals surface area contributed by atoms with Gasteiger partial charge < -0.3 is 25.2 Å². The normalized spacial score (nSPS) is 9.58. The zero-order valence-corrected chi connectivity index (χ0v) is 7.40. The number of primary amides is 1. The molecule has 1 amide bonds. The molecule has 0 rings (SSSR count). The molecular formula is C6H14N2O4. The molecule has 0 unspecified atom stereocenters. The van der Waals surface area contributed by atoms with Gasteiger partial charge in [0.1, 0.15) is 6.54 Å². The lowest BCUT2D eigenvalue weighted by molar-refractivity contribution is -0.864. The minimum atomic E-state index is -1.33. The van der Waals surface area contributed by atoms with Crippen LogP contribution in [0.25, 0.3) is 0 Å². The van der Waals surface area contributed by atoms with Crippen LogP contribution in [0, 0.1) is 0 Å². The van der Waals surface area contributed by atoms with Gasteiger partial charge in [0.15, 0.2) is 0 Å². The van der Waals surface area contributed by atoms with Crippen LogP contribution in [0.15, 0.2) is 0 Å². The van der Waals surface area contributed by atoms with Gasteiger partial charge in [0.05, 0.1) is 27.1 Å². The Kier molecular flexibility index (Phi) is 5.94. The van der Waals surface area contributed by atoms with Crippen molar-refractivity contribution in [2.24, 2.45) is 5.73 Å². The number of hydrogen-bond acceptors (Lipinski definition) is 3. The van der Waals surface area contributed by atoms with E-state index in [0.717, 1.165) is 0 Å². The van der Waals surface area contributed by atoms with Crippen LogP contribution in [0.5, 0.6) is 0 Å². The number of hydrogen-bond donors (Lipinski definition) is 2. The van der Waals surface area contributed by atoms with Crippen LogP contribution in [0.1, 0.15) is 0 Å². The lowest BCUT2D eigenvalue weighted by atomic mass is 10.5. The number of amides is 1. The summed E-state index contributed by atoms with van der Waals surface area (Å²) in [6.07, 6.45) is -1.33. The van der Waals surface area contributed by atoms with Crippen molar-refractivity contribution in [1.29, 1.82) is 0 Å². The van der Waals surface area contributed by atoms with Gasteiger partial charge >= 0.3 is 6.09 Å². The zero-order valence-electron chi connectivity index (χ0n) is 7.40. The number of likely N-dealkylation sites (N-methyl/N-ethyl adjacent to an activating group) is 1. The molecule has 0 aromatic rings. The van der Waals surface area contributed by atoms with Crippen LogP contribution >= 0.6 is 0 Å². The van der Waals surface area contributed by atoms with Gasteiger partial charge in [-0.3, -0.25) is 0 Å². The predicted octanol–water partition coefficient (Wildman–Crippen LogP) is -1.93. The third-order valence-electron chi connectivity index (χ3n) is 0.603. The van der Waals surface area contributed by atoms with Crippen molar-refractivity contribution in [3.8, 4) is 0 Å². The number of carbonyl (C=O) groups is 2. The summed E-state index contributed by atoms with van der Waals surface area (Å²) >= 11 is 0. The van der Waals surface area contributed by atoms with Crippen LogP contribution in [0.4, 0.5) is 4.79 Å². The molecule has 12 heavy (non-hydrogen) atoms. The van der Waals surface area contributed by atoms with E-state index in [1.165, 1.54) is 0 Å². The smallest absolute Gasteiger partial charge is 0.402 e. The van der Waals surface area contributed by atoms with Gasteiger partial charge in [0.25, 0.3) is 0 Å². The SMILES string of the molecule is C[N+](C)(C)CC(=O)[O-].NC(=O)O. The number of carbonyl (C=O) groups excluding carboxylic acids is 1. The van der Waals surface area contributed by atoms with E-state index in [2.05, 4.69) is 5.73 Å². The Morgan fingerprint density at radius 1 is 1.42 bits per heavy atom. The van der Waals surface area contributed by atoms with Gasteiger partial charge in [-0.2, -0.15) is 0 Å². The fourth-order valence-electron chi connectivity index (χ4n) is 0.387. The molecule has 0 radical (unpaired) electrons. The second kappa shape index (κ2) is 5.36. The molecular weight excluding hydrogens is 164 g/mol. The van der Waals surface area contributed by atoms with Gasteiger partial charge in [0.2, 0.25) is 0 Å². The van der Waals surface area contributed by atoms with E-state index in [-0.39, 0.29) is 6.54 Å². The Balaban J connectivity index is 0. The monoisotopic (exact) mass is 178 g/mol. The molecule has 3 N–H and O–H groups in total. The van der Waals surface area contributed by atoms with Crippen molar-refractivity contribution >= 4 is 12.1 Å². The fraction of sp³-hybridized carbons (Fsp3) is 0.667. The number of carboxylic acids is 1. The highest BCUT2D eigenvalue weighted by Crippen LogP contribution is 1.84.